The summed E-state index contributed by atoms with van der Waals surface area (Å²) in [7, 11) is 0. The maximum atomic E-state index is 13.2. The van der Waals surface area contributed by atoms with Crippen LogP contribution in [0.4, 0.5) is 39.5 Å². The predicted molar refractivity (Wildman–Crippen MR) is 72.4 cm³/mol. The fourth-order valence-corrected chi connectivity index (χ4v) is 2.15. The zero-order valence-electron chi connectivity index (χ0n) is 13.2. The first kappa shape index (κ1) is 23.4. The number of hydrogen-bond donors (Lipinski definition) is 0. The molecule has 0 fully saturated rings. The number of rotatable bonds is 12. The third kappa shape index (κ3) is 6.02. The Bertz CT molecular complexity index is 347. The zero-order valence-corrected chi connectivity index (χ0v) is 13.2. The van der Waals surface area contributed by atoms with E-state index in [1.165, 1.54) is 0 Å². The molecule has 0 unspecified atom stereocenters. The van der Waals surface area contributed by atoms with Crippen LogP contribution in [-0.2, 0) is 0 Å². The molecule has 145 valence electrons. The van der Waals surface area contributed by atoms with Gasteiger partial charge in [0, 0.05) is 6.42 Å². The van der Waals surface area contributed by atoms with Crippen LogP contribution >= 0.6 is 0 Å². The number of hydrogen-bond acceptors (Lipinski definition) is 0. The molecule has 0 aliphatic rings. The van der Waals surface area contributed by atoms with E-state index in [-0.39, 0.29) is 6.42 Å². The fourth-order valence-electron chi connectivity index (χ4n) is 2.15. The van der Waals surface area contributed by atoms with Crippen LogP contribution in [0.3, 0.4) is 0 Å². The average Bonchev–Trinajstić information content (AvgIpc) is 2.43. The molecule has 0 spiro atoms. The second-order valence-electron chi connectivity index (χ2n) is 5.78. The fraction of sp³-hybridized carbons (Fsp3) is 0.933. The summed E-state index contributed by atoms with van der Waals surface area (Å²) < 4.78 is 113. The first-order valence-corrected chi connectivity index (χ1v) is 7.80. The van der Waals surface area contributed by atoms with Crippen molar-refractivity contribution in [2.75, 3.05) is 0 Å². The van der Waals surface area contributed by atoms with Crippen molar-refractivity contribution in [3.05, 3.63) is 6.92 Å². The van der Waals surface area contributed by atoms with Gasteiger partial charge in [0.05, 0.1) is 0 Å². The molecule has 0 N–H and O–H groups in total. The van der Waals surface area contributed by atoms with E-state index in [2.05, 4.69) is 6.92 Å². The van der Waals surface area contributed by atoms with Crippen LogP contribution in [0.15, 0.2) is 0 Å². The third-order valence-corrected chi connectivity index (χ3v) is 3.70. The van der Waals surface area contributed by atoms with E-state index in [4.69, 9.17) is 0 Å². The molecule has 0 bridgehead atoms. The molecule has 0 heterocycles. The zero-order chi connectivity index (χ0) is 19.1. The van der Waals surface area contributed by atoms with E-state index >= 15 is 0 Å². The van der Waals surface area contributed by atoms with E-state index in [1.54, 1.807) is 0 Å². The third-order valence-electron chi connectivity index (χ3n) is 3.70. The molecule has 24 heavy (non-hydrogen) atoms. The van der Waals surface area contributed by atoms with Crippen LogP contribution in [0.5, 0.6) is 0 Å². The minimum atomic E-state index is -6.78. The van der Waals surface area contributed by atoms with Gasteiger partial charge in [-0.2, -0.15) is 39.5 Å². The molecule has 0 atom stereocenters. The van der Waals surface area contributed by atoms with Crippen LogP contribution in [-0.4, -0.2) is 23.9 Å². The lowest BCUT2D eigenvalue weighted by Crippen LogP contribution is -2.60. The first-order chi connectivity index (χ1) is 10.8. The normalized spacial score (nSPS) is 14.2. The highest BCUT2D eigenvalue weighted by atomic mass is 19.4. The van der Waals surface area contributed by atoms with Crippen LogP contribution in [0, 0.1) is 6.92 Å². The number of unbranched alkanes of at least 4 members (excludes halogenated alkanes) is 8. The molecular formula is C15H22F9. The SMILES string of the molecule is [CH2]CCCCCCCCCCC(F)(F)C(F)(F)C(F)(F)C(F)(F)F. The van der Waals surface area contributed by atoms with Crippen molar-refractivity contribution in [3.8, 4) is 0 Å². The van der Waals surface area contributed by atoms with Gasteiger partial charge in [-0.3, -0.25) is 0 Å². The second-order valence-corrected chi connectivity index (χ2v) is 5.78. The number of alkyl halides is 9. The van der Waals surface area contributed by atoms with Gasteiger partial charge in [-0.05, 0) is 6.42 Å². The van der Waals surface area contributed by atoms with Crippen LogP contribution in [0.25, 0.3) is 0 Å². The van der Waals surface area contributed by atoms with Gasteiger partial charge < -0.3 is 0 Å². The topological polar surface area (TPSA) is 0 Å². The molecule has 0 aromatic rings. The first-order valence-electron chi connectivity index (χ1n) is 7.80. The van der Waals surface area contributed by atoms with Gasteiger partial charge >= 0.3 is 23.9 Å². The van der Waals surface area contributed by atoms with Crippen molar-refractivity contribution in [2.45, 2.75) is 88.2 Å². The van der Waals surface area contributed by atoms with Crippen molar-refractivity contribution >= 4 is 0 Å². The van der Waals surface area contributed by atoms with Crippen LogP contribution < -0.4 is 0 Å². The molecule has 0 nitrogen and oxygen atoms in total. The molecule has 9 heteroatoms. The van der Waals surface area contributed by atoms with Gasteiger partial charge in [0.1, 0.15) is 0 Å². The van der Waals surface area contributed by atoms with E-state index in [0.717, 1.165) is 32.1 Å². The maximum Gasteiger partial charge on any atom is 0.460 e. The van der Waals surface area contributed by atoms with E-state index < -0.39 is 36.8 Å². The smallest absolute Gasteiger partial charge is 0.200 e. The molecule has 0 saturated heterocycles. The second kappa shape index (κ2) is 9.17. The molecule has 0 saturated carbocycles. The van der Waals surface area contributed by atoms with Crippen LogP contribution in [0.1, 0.15) is 64.2 Å². The van der Waals surface area contributed by atoms with Gasteiger partial charge in [0.15, 0.2) is 0 Å². The van der Waals surface area contributed by atoms with E-state index in [9.17, 15) is 39.5 Å². The van der Waals surface area contributed by atoms with E-state index in [0.29, 0.717) is 12.8 Å². The summed E-state index contributed by atoms with van der Waals surface area (Å²) in [5.41, 5.74) is 0. The molecule has 0 aliphatic heterocycles. The Kier molecular flexibility index (Phi) is 8.93. The number of halogens is 9. The Morgan fingerprint density at radius 3 is 1.25 bits per heavy atom. The molecule has 0 aliphatic carbocycles. The Labute approximate surface area is 135 Å². The summed E-state index contributed by atoms with van der Waals surface area (Å²) in [6.07, 6.45) is -3.35. The summed E-state index contributed by atoms with van der Waals surface area (Å²) in [6.45, 7) is 3.66. The van der Waals surface area contributed by atoms with Crippen molar-refractivity contribution < 1.29 is 39.5 Å². The van der Waals surface area contributed by atoms with Crippen LogP contribution in [0.2, 0.25) is 0 Å². The molecular weight excluding hydrogens is 351 g/mol. The van der Waals surface area contributed by atoms with Crippen molar-refractivity contribution in [3.63, 3.8) is 0 Å². The average molecular weight is 373 g/mol. The van der Waals surface area contributed by atoms with Crippen molar-refractivity contribution in [1.29, 1.82) is 0 Å². The monoisotopic (exact) mass is 373 g/mol. The molecule has 0 aromatic carbocycles. The maximum absolute atomic E-state index is 13.2. The Morgan fingerprint density at radius 1 is 0.500 bits per heavy atom. The highest BCUT2D eigenvalue weighted by Gasteiger charge is 2.81. The Balaban J connectivity index is 4.30. The lowest BCUT2D eigenvalue weighted by molar-refractivity contribution is -0.396. The quantitative estimate of drug-likeness (QED) is 0.251. The van der Waals surface area contributed by atoms with Crippen molar-refractivity contribution in [2.24, 2.45) is 0 Å². The van der Waals surface area contributed by atoms with Gasteiger partial charge in [-0.1, -0.05) is 58.3 Å². The largest absolute Gasteiger partial charge is 0.460 e. The lowest BCUT2D eigenvalue weighted by atomic mass is 9.97. The van der Waals surface area contributed by atoms with E-state index in [1.807, 2.05) is 0 Å². The van der Waals surface area contributed by atoms with Gasteiger partial charge in [0.2, 0.25) is 0 Å². The van der Waals surface area contributed by atoms with Gasteiger partial charge in [-0.25, -0.2) is 0 Å². The highest BCUT2D eigenvalue weighted by molar-refractivity contribution is 5.00. The summed E-state index contributed by atoms with van der Waals surface area (Å²) in [4.78, 5) is 0. The standard InChI is InChI=1S/C15H22F9/c1-2-3-4-5-6-7-8-9-10-11-12(16,17)13(18,19)14(20,21)15(22,23)24/h1-11H2. The summed E-state index contributed by atoms with van der Waals surface area (Å²) >= 11 is 0. The molecule has 1 radical (unpaired) electrons. The summed E-state index contributed by atoms with van der Waals surface area (Å²) in [5, 5.41) is 0. The highest BCUT2D eigenvalue weighted by Crippen LogP contribution is 2.54. The van der Waals surface area contributed by atoms with Gasteiger partial charge in [-0.15, -0.1) is 0 Å². The predicted octanol–water partition coefficient (Wildman–Crippen LogP) is 7.19. The Morgan fingerprint density at radius 2 is 0.875 bits per heavy atom. The summed E-state index contributed by atoms with van der Waals surface area (Å²) in [5.74, 6) is -18.7. The summed E-state index contributed by atoms with van der Waals surface area (Å²) in [6, 6.07) is 0. The minimum Gasteiger partial charge on any atom is -0.200 e. The molecule has 0 rings (SSSR count). The molecule has 0 aromatic heterocycles. The van der Waals surface area contributed by atoms with Gasteiger partial charge in [0.25, 0.3) is 0 Å². The minimum absolute atomic E-state index is 0.0680. The Hall–Kier alpha value is -0.630. The molecule has 0 amide bonds. The lowest BCUT2D eigenvalue weighted by Gasteiger charge is -2.33. The van der Waals surface area contributed by atoms with Crippen molar-refractivity contribution in [1.82, 2.24) is 0 Å².